The molecule has 0 amide bonds. The lowest BCUT2D eigenvalue weighted by Crippen LogP contribution is -2.34. The van der Waals surface area contributed by atoms with E-state index in [1.54, 1.807) is 23.5 Å². The third kappa shape index (κ3) is 3.78. The molecule has 0 saturated heterocycles. The number of ether oxygens (including phenoxy) is 1. The van der Waals surface area contributed by atoms with Crippen LogP contribution in [-0.2, 0) is 16.4 Å². The lowest BCUT2D eigenvalue weighted by Gasteiger charge is -2.26. The molecule has 0 spiro atoms. The average molecular weight is 357 g/mol. The number of hydrogen-bond donors (Lipinski definition) is 0. The smallest absolute Gasteiger partial charge is 0.243 e. The van der Waals surface area contributed by atoms with Crippen molar-refractivity contribution in [3.8, 4) is 5.75 Å². The van der Waals surface area contributed by atoms with Crippen LogP contribution in [0.25, 0.3) is 5.57 Å². The highest BCUT2D eigenvalue weighted by atomic mass is 32.2. The zero-order valence-corrected chi connectivity index (χ0v) is 15.4. The van der Waals surface area contributed by atoms with Crippen molar-refractivity contribution < 1.29 is 13.2 Å². The molecule has 0 unspecified atom stereocenters. The highest BCUT2D eigenvalue weighted by molar-refractivity contribution is 7.89. The Balaban J connectivity index is 1.76. The summed E-state index contributed by atoms with van der Waals surface area (Å²) >= 11 is 0. The van der Waals surface area contributed by atoms with Crippen LogP contribution in [0.15, 0.2) is 59.5 Å². The fourth-order valence-electron chi connectivity index (χ4n) is 2.98. The molecule has 0 atom stereocenters. The molecule has 2 aromatic carbocycles. The monoisotopic (exact) mass is 357 g/mol. The van der Waals surface area contributed by atoms with Crippen LogP contribution in [0.3, 0.4) is 0 Å². The highest BCUT2D eigenvalue weighted by Crippen LogP contribution is 2.27. The standard InChI is InChI=1S/C20H23NO3S/c1-3-16-4-10-20(11-5-16)25(22,23)21-14-12-18(13-15-21)17-6-8-19(24-2)9-7-17/h4-12H,3,13-15H2,1-2H3. The Labute approximate surface area is 149 Å². The summed E-state index contributed by atoms with van der Waals surface area (Å²) in [5, 5.41) is 0. The summed E-state index contributed by atoms with van der Waals surface area (Å²) in [4.78, 5) is 0.367. The zero-order valence-electron chi connectivity index (χ0n) is 14.6. The van der Waals surface area contributed by atoms with Crippen LogP contribution in [0.1, 0.15) is 24.5 Å². The summed E-state index contributed by atoms with van der Waals surface area (Å²) in [6.07, 6.45) is 3.61. The average Bonchev–Trinajstić information content (AvgIpc) is 2.68. The van der Waals surface area contributed by atoms with E-state index in [2.05, 4.69) is 6.92 Å². The van der Waals surface area contributed by atoms with E-state index < -0.39 is 10.0 Å². The Kier molecular flexibility index (Phi) is 5.25. The molecule has 0 bridgehead atoms. The number of nitrogens with zero attached hydrogens (tertiary/aromatic N) is 1. The lowest BCUT2D eigenvalue weighted by atomic mass is 10.0. The van der Waals surface area contributed by atoms with Gasteiger partial charge in [0.2, 0.25) is 10.0 Å². The van der Waals surface area contributed by atoms with Crippen LogP contribution in [0.4, 0.5) is 0 Å². The van der Waals surface area contributed by atoms with Crippen molar-refractivity contribution >= 4 is 15.6 Å². The van der Waals surface area contributed by atoms with Crippen molar-refractivity contribution in [3.63, 3.8) is 0 Å². The summed E-state index contributed by atoms with van der Waals surface area (Å²) in [7, 11) is -1.79. The van der Waals surface area contributed by atoms with Gasteiger partial charge in [-0.3, -0.25) is 0 Å². The Morgan fingerprint density at radius 2 is 1.72 bits per heavy atom. The predicted molar refractivity (Wildman–Crippen MR) is 100 cm³/mol. The Morgan fingerprint density at radius 3 is 2.24 bits per heavy atom. The molecule has 1 aliphatic rings. The minimum absolute atomic E-state index is 0.367. The number of sulfonamides is 1. The van der Waals surface area contributed by atoms with Crippen molar-refractivity contribution in [1.82, 2.24) is 4.31 Å². The number of aryl methyl sites for hydroxylation is 1. The van der Waals surface area contributed by atoms with Gasteiger partial charge in [0.1, 0.15) is 5.75 Å². The van der Waals surface area contributed by atoms with Gasteiger partial charge in [-0.25, -0.2) is 8.42 Å². The molecule has 0 aliphatic carbocycles. The molecule has 0 radical (unpaired) electrons. The van der Waals surface area contributed by atoms with E-state index in [0.29, 0.717) is 24.4 Å². The highest BCUT2D eigenvalue weighted by Gasteiger charge is 2.26. The molecule has 4 nitrogen and oxygen atoms in total. The quantitative estimate of drug-likeness (QED) is 0.819. The van der Waals surface area contributed by atoms with Crippen LogP contribution in [0, 0.1) is 0 Å². The van der Waals surface area contributed by atoms with Gasteiger partial charge in [-0.1, -0.05) is 37.3 Å². The van der Waals surface area contributed by atoms with Gasteiger partial charge >= 0.3 is 0 Å². The van der Waals surface area contributed by atoms with Crippen molar-refractivity contribution in [2.24, 2.45) is 0 Å². The molecule has 0 saturated carbocycles. The van der Waals surface area contributed by atoms with Crippen LogP contribution in [-0.4, -0.2) is 32.9 Å². The third-order valence-corrected chi connectivity index (χ3v) is 6.48. The van der Waals surface area contributed by atoms with Gasteiger partial charge < -0.3 is 4.74 Å². The van der Waals surface area contributed by atoms with Gasteiger partial charge in [-0.05, 0) is 53.8 Å². The van der Waals surface area contributed by atoms with Gasteiger partial charge in [-0.2, -0.15) is 4.31 Å². The maximum Gasteiger partial charge on any atom is 0.243 e. The molecule has 1 aliphatic heterocycles. The van der Waals surface area contributed by atoms with Crippen molar-refractivity contribution in [1.29, 1.82) is 0 Å². The molecular formula is C20H23NO3S. The number of methoxy groups -OCH3 is 1. The van der Waals surface area contributed by atoms with Gasteiger partial charge in [0.05, 0.1) is 12.0 Å². The largest absolute Gasteiger partial charge is 0.497 e. The molecule has 25 heavy (non-hydrogen) atoms. The Morgan fingerprint density at radius 1 is 1.04 bits per heavy atom. The maximum absolute atomic E-state index is 12.8. The molecule has 3 rings (SSSR count). The van der Waals surface area contributed by atoms with E-state index in [1.165, 1.54) is 5.57 Å². The van der Waals surface area contributed by atoms with Gasteiger partial charge in [0.25, 0.3) is 0 Å². The zero-order chi connectivity index (χ0) is 17.9. The second kappa shape index (κ2) is 7.42. The van der Waals surface area contributed by atoms with Gasteiger partial charge in [0, 0.05) is 13.1 Å². The molecular weight excluding hydrogens is 334 g/mol. The molecule has 1 heterocycles. The summed E-state index contributed by atoms with van der Waals surface area (Å²) in [6.45, 7) is 2.95. The van der Waals surface area contributed by atoms with E-state index in [-0.39, 0.29) is 0 Å². The van der Waals surface area contributed by atoms with E-state index in [1.807, 2.05) is 42.5 Å². The van der Waals surface area contributed by atoms with Gasteiger partial charge in [-0.15, -0.1) is 0 Å². The predicted octanol–water partition coefficient (Wildman–Crippen LogP) is 3.74. The fraction of sp³-hybridized carbons (Fsp3) is 0.300. The summed E-state index contributed by atoms with van der Waals surface area (Å²) in [5.74, 6) is 0.819. The Hall–Kier alpha value is -2.11. The second-order valence-corrected chi connectivity index (χ2v) is 8.01. The number of rotatable bonds is 5. The second-order valence-electron chi connectivity index (χ2n) is 6.07. The van der Waals surface area contributed by atoms with Crippen molar-refractivity contribution in [2.75, 3.05) is 20.2 Å². The summed E-state index contributed by atoms with van der Waals surface area (Å²) in [6, 6.07) is 15.1. The summed E-state index contributed by atoms with van der Waals surface area (Å²) < 4.78 is 32.3. The van der Waals surface area contributed by atoms with Crippen LogP contribution in [0.2, 0.25) is 0 Å². The van der Waals surface area contributed by atoms with E-state index in [0.717, 1.165) is 23.3 Å². The number of benzene rings is 2. The lowest BCUT2D eigenvalue weighted by molar-refractivity contribution is 0.414. The fourth-order valence-corrected chi connectivity index (χ4v) is 4.36. The van der Waals surface area contributed by atoms with Crippen LogP contribution >= 0.6 is 0 Å². The van der Waals surface area contributed by atoms with Crippen LogP contribution < -0.4 is 4.74 Å². The Bertz CT molecular complexity index is 853. The topological polar surface area (TPSA) is 46.6 Å². The minimum atomic E-state index is -3.43. The molecule has 0 fully saturated rings. The number of hydrogen-bond acceptors (Lipinski definition) is 3. The molecule has 5 heteroatoms. The molecule has 132 valence electrons. The SMILES string of the molecule is CCc1ccc(S(=O)(=O)N2CC=C(c3ccc(OC)cc3)CC2)cc1. The molecule has 0 N–H and O–H groups in total. The first-order valence-corrected chi connectivity index (χ1v) is 9.91. The van der Waals surface area contributed by atoms with E-state index in [9.17, 15) is 8.42 Å². The summed E-state index contributed by atoms with van der Waals surface area (Å²) in [5.41, 5.74) is 3.43. The minimum Gasteiger partial charge on any atom is -0.497 e. The van der Waals surface area contributed by atoms with Crippen molar-refractivity contribution in [3.05, 3.63) is 65.7 Å². The van der Waals surface area contributed by atoms with Gasteiger partial charge in [0.15, 0.2) is 0 Å². The van der Waals surface area contributed by atoms with Crippen molar-refractivity contribution in [2.45, 2.75) is 24.7 Å². The first-order chi connectivity index (χ1) is 12.0. The molecule has 2 aromatic rings. The normalized spacial score (nSPS) is 15.7. The molecule has 0 aromatic heterocycles. The first-order valence-electron chi connectivity index (χ1n) is 8.47. The van der Waals surface area contributed by atoms with Crippen LogP contribution in [0.5, 0.6) is 5.75 Å². The third-order valence-electron chi connectivity index (χ3n) is 4.60. The van der Waals surface area contributed by atoms with E-state index >= 15 is 0 Å². The maximum atomic E-state index is 12.8. The van der Waals surface area contributed by atoms with E-state index in [4.69, 9.17) is 4.74 Å². The first kappa shape index (κ1) is 17.7.